The number of benzene rings is 1. The molecule has 14 heteroatoms. The Hall–Kier alpha value is -3.07. The van der Waals surface area contributed by atoms with Gasteiger partial charge in [-0.1, -0.05) is 11.3 Å². The highest BCUT2D eigenvalue weighted by Crippen LogP contribution is 2.38. The number of methoxy groups -OCH3 is 2. The van der Waals surface area contributed by atoms with E-state index in [-0.39, 0.29) is 11.6 Å². The van der Waals surface area contributed by atoms with Gasteiger partial charge in [-0.05, 0) is 56.4 Å². The summed E-state index contributed by atoms with van der Waals surface area (Å²) < 4.78 is 43.8. The van der Waals surface area contributed by atoms with Gasteiger partial charge in [0.15, 0.2) is 14.6 Å². The zero-order valence-electron chi connectivity index (χ0n) is 22.5. The Bertz CT molecular complexity index is 1600. The third-order valence-electron chi connectivity index (χ3n) is 6.23. The number of thiophene rings is 1. The Kier molecular flexibility index (Phi) is 9.77. The molecule has 0 atom stereocenters. The van der Waals surface area contributed by atoms with Crippen molar-refractivity contribution in [3.05, 3.63) is 39.0 Å². The number of anilines is 1. The van der Waals surface area contributed by atoms with E-state index < -0.39 is 39.1 Å². The number of nitrogens with one attached hydrogen (secondary N) is 1. The number of hydrogen-bond donors (Lipinski definition) is 1. The molecular formula is C26H31N3O8S3. The summed E-state index contributed by atoms with van der Waals surface area (Å²) in [7, 11) is -1.05. The minimum Gasteiger partial charge on any atom is -0.497 e. The molecular weight excluding hydrogens is 579 g/mol. The molecule has 0 unspecified atom stereocenters. The number of thiazole rings is 1. The Balaban J connectivity index is 1.51. The predicted molar refractivity (Wildman–Crippen MR) is 153 cm³/mol. The van der Waals surface area contributed by atoms with Crippen LogP contribution in [0.3, 0.4) is 0 Å². The summed E-state index contributed by atoms with van der Waals surface area (Å²) in [6, 6.07) is 5.42. The van der Waals surface area contributed by atoms with Crippen LogP contribution in [-0.4, -0.2) is 69.7 Å². The third kappa shape index (κ3) is 6.97. The van der Waals surface area contributed by atoms with Crippen molar-refractivity contribution in [3.8, 4) is 5.75 Å². The van der Waals surface area contributed by atoms with Crippen molar-refractivity contribution in [2.24, 2.45) is 4.99 Å². The predicted octanol–water partition coefficient (Wildman–Crippen LogP) is 2.96. The first kappa shape index (κ1) is 29.9. The molecule has 1 aliphatic rings. The number of hydrogen-bond acceptors (Lipinski definition) is 10. The van der Waals surface area contributed by atoms with Crippen molar-refractivity contribution in [2.75, 3.05) is 44.3 Å². The first-order chi connectivity index (χ1) is 19.2. The average Bonchev–Trinajstić information content (AvgIpc) is 3.42. The molecule has 0 aliphatic heterocycles. The highest BCUT2D eigenvalue weighted by Gasteiger charge is 2.29. The van der Waals surface area contributed by atoms with Crippen molar-refractivity contribution >= 4 is 65.5 Å². The highest BCUT2D eigenvalue weighted by molar-refractivity contribution is 7.92. The molecule has 11 nitrogen and oxygen atoms in total. The second-order valence-electron chi connectivity index (χ2n) is 9.08. The molecule has 3 aromatic rings. The number of carbonyl (C=O) groups is 3. The monoisotopic (exact) mass is 609 g/mol. The molecule has 40 heavy (non-hydrogen) atoms. The van der Waals surface area contributed by atoms with Crippen LogP contribution in [0.25, 0.3) is 10.2 Å². The van der Waals surface area contributed by atoms with Crippen molar-refractivity contribution in [2.45, 2.75) is 39.2 Å². The maximum atomic E-state index is 12.8. The SMILES string of the molecule is CCOC(=O)c1c(NC(=O)CS(=O)(=O)CC(=O)N=c2sc3cc(OC)ccc3n2CCOC)sc2c1CCCC2. The van der Waals surface area contributed by atoms with E-state index in [4.69, 9.17) is 14.2 Å². The fraction of sp³-hybridized carbons (Fsp3) is 0.462. The topological polar surface area (TPSA) is 142 Å². The molecule has 2 aromatic heterocycles. The van der Waals surface area contributed by atoms with Gasteiger partial charge in [0.2, 0.25) is 5.91 Å². The van der Waals surface area contributed by atoms with Gasteiger partial charge >= 0.3 is 5.97 Å². The Morgan fingerprint density at radius 3 is 2.60 bits per heavy atom. The first-order valence-corrected chi connectivity index (χ1v) is 16.2. The summed E-state index contributed by atoms with van der Waals surface area (Å²) in [5.41, 5.74) is 1.94. The van der Waals surface area contributed by atoms with Crippen LogP contribution >= 0.6 is 22.7 Å². The van der Waals surface area contributed by atoms with Gasteiger partial charge in [-0.25, -0.2) is 13.2 Å². The number of fused-ring (bicyclic) bond motifs is 2. The number of nitrogens with zero attached hydrogens (tertiary/aromatic N) is 2. The van der Waals surface area contributed by atoms with E-state index in [1.54, 1.807) is 37.8 Å². The van der Waals surface area contributed by atoms with Crippen LogP contribution in [0, 0.1) is 0 Å². The summed E-state index contributed by atoms with van der Waals surface area (Å²) >= 11 is 2.48. The number of carbonyl (C=O) groups excluding carboxylic acids is 3. The second kappa shape index (κ2) is 13.1. The van der Waals surface area contributed by atoms with Gasteiger partial charge in [-0.2, -0.15) is 4.99 Å². The van der Waals surface area contributed by atoms with Gasteiger partial charge in [0.05, 0.1) is 36.1 Å². The van der Waals surface area contributed by atoms with E-state index in [0.717, 1.165) is 39.9 Å². The molecule has 1 aromatic carbocycles. The number of rotatable bonds is 11. The molecule has 0 saturated carbocycles. The van der Waals surface area contributed by atoms with Gasteiger partial charge in [0, 0.05) is 18.5 Å². The summed E-state index contributed by atoms with van der Waals surface area (Å²) in [4.78, 5) is 43.5. The lowest BCUT2D eigenvalue weighted by atomic mass is 9.95. The van der Waals surface area contributed by atoms with Crippen molar-refractivity contribution in [1.82, 2.24) is 4.57 Å². The van der Waals surface area contributed by atoms with Crippen LogP contribution < -0.4 is 14.9 Å². The maximum Gasteiger partial charge on any atom is 0.341 e. The Morgan fingerprint density at radius 2 is 1.88 bits per heavy atom. The van der Waals surface area contributed by atoms with Crippen molar-refractivity contribution in [3.63, 3.8) is 0 Å². The molecule has 0 spiro atoms. The van der Waals surface area contributed by atoms with Crippen LogP contribution in [0.15, 0.2) is 23.2 Å². The maximum absolute atomic E-state index is 12.8. The standard InChI is InChI=1S/C26H31N3O8S3/c1-4-37-25(32)23-17-7-5-6-8-19(17)38-24(23)27-21(30)14-40(33,34)15-22(31)28-26-29(11-12-35-2)18-10-9-16(36-3)13-20(18)39-26/h9-10,13H,4-8,11-12,14-15H2,1-3H3,(H,27,30). The quantitative estimate of drug-likeness (QED) is 0.327. The van der Waals surface area contributed by atoms with Gasteiger partial charge in [0.1, 0.15) is 22.3 Å². The van der Waals surface area contributed by atoms with Crippen molar-refractivity contribution < 1.29 is 37.0 Å². The van der Waals surface area contributed by atoms with Crippen LogP contribution in [0.5, 0.6) is 5.75 Å². The van der Waals surface area contributed by atoms with E-state index in [0.29, 0.717) is 35.7 Å². The number of aromatic nitrogens is 1. The molecule has 2 amide bonds. The lowest BCUT2D eigenvalue weighted by Gasteiger charge is -2.12. The summed E-state index contributed by atoms with van der Waals surface area (Å²) in [5.74, 6) is -3.49. The number of aryl methyl sites for hydroxylation is 1. The molecule has 4 rings (SSSR count). The highest BCUT2D eigenvalue weighted by atomic mass is 32.2. The molecule has 0 bridgehead atoms. The van der Waals surface area contributed by atoms with Gasteiger partial charge in [-0.15, -0.1) is 11.3 Å². The summed E-state index contributed by atoms with van der Waals surface area (Å²) in [6.07, 6.45) is 3.37. The van der Waals surface area contributed by atoms with Gasteiger partial charge in [0.25, 0.3) is 5.91 Å². The van der Waals surface area contributed by atoms with E-state index in [2.05, 4.69) is 10.3 Å². The lowest BCUT2D eigenvalue weighted by Crippen LogP contribution is -2.28. The molecule has 2 heterocycles. The summed E-state index contributed by atoms with van der Waals surface area (Å²) in [6.45, 7) is 2.63. The summed E-state index contributed by atoms with van der Waals surface area (Å²) in [5, 5.41) is 2.86. The Labute approximate surface area is 239 Å². The lowest BCUT2D eigenvalue weighted by molar-refractivity contribution is -0.115. The normalized spacial score (nSPS) is 13.7. The molecule has 1 N–H and O–H groups in total. The van der Waals surface area contributed by atoms with Crippen molar-refractivity contribution in [1.29, 1.82) is 0 Å². The number of sulfone groups is 1. The fourth-order valence-electron chi connectivity index (χ4n) is 4.48. The zero-order valence-corrected chi connectivity index (χ0v) is 24.9. The van der Waals surface area contributed by atoms with E-state index >= 15 is 0 Å². The first-order valence-electron chi connectivity index (χ1n) is 12.7. The van der Waals surface area contributed by atoms with Crippen LogP contribution in [0.4, 0.5) is 5.00 Å². The minimum absolute atomic E-state index is 0.176. The third-order valence-corrected chi connectivity index (χ3v) is 9.86. The Morgan fingerprint density at radius 1 is 1.10 bits per heavy atom. The largest absolute Gasteiger partial charge is 0.497 e. The molecule has 0 radical (unpaired) electrons. The zero-order chi connectivity index (χ0) is 28.9. The van der Waals surface area contributed by atoms with E-state index in [9.17, 15) is 22.8 Å². The fourth-order valence-corrected chi connectivity index (χ4v) is 7.89. The number of esters is 1. The average molecular weight is 610 g/mol. The van der Waals surface area contributed by atoms with Crippen LogP contribution in [0.2, 0.25) is 0 Å². The van der Waals surface area contributed by atoms with Crippen LogP contribution in [-0.2, 0) is 48.3 Å². The molecule has 0 fully saturated rings. The number of amides is 2. The van der Waals surface area contributed by atoms with E-state index in [1.165, 1.54) is 22.7 Å². The van der Waals surface area contributed by atoms with Crippen LogP contribution in [0.1, 0.15) is 40.6 Å². The number of ether oxygens (including phenoxy) is 3. The van der Waals surface area contributed by atoms with Gasteiger partial charge < -0.3 is 24.1 Å². The smallest absolute Gasteiger partial charge is 0.341 e. The molecule has 1 aliphatic carbocycles. The minimum atomic E-state index is -4.15. The van der Waals surface area contributed by atoms with E-state index in [1.807, 2.05) is 6.07 Å². The second-order valence-corrected chi connectivity index (χ2v) is 13.3. The molecule has 216 valence electrons. The molecule has 0 saturated heterocycles. The van der Waals surface area contributed by atoms with Gasteiger partial charge in [-0.3, -0.25) is 9.59 Å².